The fraction of sp³-hybridized carbons (Fsp3) is 0.930. The first kappa shape index (κ1) is 50.9. The Morgan fingerprint density at radius 1 is 0.630 bits per heavy atom. The molecule has 8 N–H and O–H groups in total. The fourth-order valence-electron chi connectivity index (χ4n) is 7.08. The van der Waals surface area contributed by atoms with E-state index in [2.05, 4.69) is 31.3 Å². The zero-order valence-electron chi connectivity index (χ0n) is 34.2. The minimum atomic E-state index is -1.66. The van der Waals surface area contributed by atoms with Gasteiger partial charge in [0.1, 0.15) is 36.6 Å². The number of ether oxygens (including phenoxy) is 2. The second kappa shape index (κ2) is 33.9. The molecule has 0 aromatic carbocycles. The lowest BCUT2D eigenvalue weighted by Crippen LogP contribution is -2.60. The van der Waals surface area contributed by atoms with Crippen molar-refractivity contribution in [3.05, 3.63) is 12.2 Å². The van der Waals surface area contributed by atoms with Crippen LogP contribution in [0.25, 0.3) is 0 Å². The molecule has 1 aliphatic heterocycles. The molecule has 54 heavy (non-hydrogen) atoms. The number of rotatable bonds is 36. The fourth-order valence-corrected chi connectivity index (χ4v) is 7.08. The Morgan fingerprint density at radius 3 is 1.56 bits per heavy atom. The molecule has 0 saturated carbocycles. The highest BCUT2D eigenvalue weighted by atomic mass is 16.7. The zero-order chi connectivity index (χ0) is 39.8. The average molecular weight is 774 g/mol. The van der Waals surface area contributed by atoms with E-state index in [1.54, 1.807) is 0 Å². The lowest BCUT2D eigenvalue weighted by molar-refractivity contribution is -0.303. The van der Waals surface area contributed by atoms with Crippen LogP contribution in [0.5, 0.6) is 0 Å². The Bertz CT molecular complexity index is 892. The van der Waals surface area contributed by atoms with E-state index in [-0.39, 0.29) is 6.42 Å². The van der Waals surface area contributed by atoms with Gasteiger partial charge < -0.3 is 50.5 Å². The topological polar surface area (TPSA) is 189 Å². The van der Waals surface area contributed by atoms with Crippen LogP contribution in [0.1, 0.15) is 187 Å². The predicted molar refractivity (Wildman–Crippen MR) is 215 cm³/mol. The number of amides is 1. The van der Waals surface area contributed by atoms with Crippen molar-refractivity contribution in [3.63, 3.8) is 0 Å². The van der Waals surface area contributed by atoms with Crippen LogP contribution >= 0.6 is 0 Å². The van der Waals surface area contributed by atoms with Gasteiger partial charge in [0.05, 0.1) is 25.4 Å². The molecule has 1 amide bonds. The second-order valence-corrected chi connectivity index (χ2v) is 15.8. The maximum absolute atomic E-state index is 13.0. The minimum Gasteiger partial charge on any atom is -0.394 e. The van der Waals surface area contributed by atoms with E-state index in [0.717, 1.165) is 64.2 Å². The van der Waals surface area contributed by atoms with Crippen molar-refractivity contribution in [2.75, 3.05) is 13.2 Å². The molecule has 320 valence electrons. The summed E-state index contributed by atoms with van der Waals surface area (Å²) in [5.74, 6) is -0.705. The van der Waals surface area contributed by atoms with E-state index in [9.17, 15) is 40.5 Å². The van der Waals surface area contributed by atoms with Crippen molar-refractivity contribution >= 4 is 5.91 Å². The maximum atomic E-state index is 13.0. The summed E-state index contributed by atoms with van der Waals surface area (Å²) in [6.45, 7) is 3.35. The van der Waals surface area contributed by atoms with Gasteiger partial charge in [-0.2, -0.15) is 0 Å². The molecule has 0 aromatic heterocycles. The molecule has 0 aromatic rings. The van der Waals surface area contributed by atoms with Gasteiger partial charge in [-0.25, -0.2) is 0 Å². The summed E-state index contributed by atoms with van der Waals surface area (Å²) in [5.41, 5.74) is 0. The number of allylic oxidation sites excluding steroid dienone is 2. The van der Waals surface area contributed by atoms with E-state index in [4.69, 9.17) is 9.47 Å². The van der Waals surface area contributed by atoms with Crippen LogP contribution in [0, 0.1) is 0 Å². The maximum Gasteiger partial charge on any atom is 0.249 e. The van der Waals surface area contributed by atoms with Crippen LogP contribution in [-0.4, -0.2) is 110 Å². The largest absolute Gasteiger partial charge is 0.394 e. The first-order chi connectivity index (χ1) is 26.2. The van der Waals surface area contributed by atoms with Crippen molar-refractivity contribution in [3.8, 4) is 0 Å². The molecule has 9 unspecified atom stereocenters. The van der Waals surface area contributed by atoms with Crippen LogP contribution < -0.4 is 5.32 Å². The van der Waals surface area contributed by atoms with Gasteiger partial charge in [-0.05, 0) is 38.5 Å². The Hall–Kier alpha value is -1.15. The molecule has 1 aliphatic rings. The van der Waals surface area contributed by atoms with Crippen LogP contribution in [0.15, 0.2) is 12.2 Å². The molecule has 1 fully saturated rings. The van der Waals surface area contributed by atoms with Gasteiger partial charge in [-0.1, -0.05) is 161 Å². The lowest BCUT2D eigenvalue weighted by Gasteiger charge is -2.40. The molecule has 1 saturated heterocycles. The van der Waals surface area contributed by atoms with Crippen molar-refractivity contribution < 1.29 is 50.0 Å². The summed E-state index contributed by atoms with van der Waals surface area (Å²) >= 11 is 0. The van der Waals surface area contributed by atoms with Gasteiger partial charge >= 0.3 is 0 Å². The summed E-state index contributed by atoms with van der Waals surface area (Å²) in [5, 5.41) is 75.1. The van der Waals surface area contributed by atoms with E-state index in [0.29, 0.717) is 19.3 Å². The summed E-state index contributed by atoms with van der Waals surface area (Å²) in [4.78, 5) is 13.0. The third-order valence-corrected chi connectivity index (χ3v) is 10.8. The van der Waals surface area contributed by atoms with Crippen molar-refractivity contribution in [2.45, 2.75) is 242 Å². The molecule has 1 rings (SSSR count). The second-order valence-electron chi connectivity index (χ2n) is 15.8. The Morgan fingerprint density at radius 2 is 1.07 bits per heavy atom. The summed E-state index contributed by atoms with van der Waals surface area (Å²) in [7, 11) is 0. The molecule has 0 spiro atoms. The number of hydrogen-bond acceptors (Lipinski definition) is 10. The van der Waals surface area contributed by atoms with Gasteiger partial charge in [-0.15, -0.1) is 0 Å². The number of carbonyl (C=O) groups is 1. The van der Waals surface area contributed by atoms with E-state index in [1.807, 2.05) is 0 Å². The summed E-state index contributed by atoms with van der Waals surface area (Å²) in [6, 6.07) is -1.16. The van der Waals surface area contributed by atoms with Gasteiger partial charge in [0.15, 0.2) is 6.29 Å². The van der Waals surface area contributed by atoms with Gasteiger partial charge in [0.2, 0.25) is 5.91 Å². The summed E-state index contributed by atoms with van der Waals surface area (Å²) < 4.78 is 11.0. The van der Waals surface area contributed by atoms with Gasteiger partial charge in [0.25, 0.3) is 0 Å². The van der Waals surface area contributed by atoms with Gasteiger partial charge in [-0.3, -0.25) is 4.79 Å². The van der Waals surface area contributed by atoms with Gasteiger partial charge in [0, 0.05) is 0 Å². The highest BCUT2D eigenvalue weighted by molar-refractivity contribution is 5.80. The number of nitrogens with one attached hydrogen (secondary N) is 1. The number of unbranched alkanes of at least 4 members (excludes halogenated alkanes) is 22. The normalized spacial score (nSPS) is 22.7. The molecular formula is C43H83NO10. The Kier molecular flexibility index (Phi) is 32.0. The Balaban J connectivity index is 2.34. The molecule has 0 radical (unpaired) electrons. The molecule has 9 atom stereocenters. The van der Waals surface area contributed by atoms with Crippen LogP contribution in [-0.2, 0) is 14.3 Å². The first-order valence-corrected chi connectivity index (χ1v) is 22.1. The lowest BCUT2D eigenvalue weighted by atomic mass is 9.98. The van der Waals surface area contributed by atoms with Crippen molar-refractivity contribution in [1.82, 2.24) is 5.32 Å². The van der Waals surface area contributed by atoms with Crippen LogP contribution in [0.3, 0.4) is 0 Å². The average Bonchev–Trinajstić information content (AvgIpc) is 3.17. The molecular weight excluding hydrogens is 690 g/mol. The molecule has 11 nitrogen and oxygen atoms in total. The van der Waals surface area contributed by atoms with E-state index in [1.165, 1.54) is 83.5 Å². The number of aliphatic hydroxyl groups excluding tert-OH is 7. The van der Waals surface area contributed by atoms with E-state index < -0.39 is 74.2 Å². The zero-order valence-corrected chi connectivity index (χ0v) is 34.2. The third-order valence-electron chi connectivity index (χ3n) is 10.8. The molecule has 11 heteroatoms. The van der Waals surface area contributed by atoms with Crippen LogP contribution in [0.2, 0.25) is 0 Å². The smallest absolute Gasteiger partial charge is 0.249 e. The van der Waals surface area contributed by atoms with E-state index >= 15 is 0 Å². The number of aliphatic hydroxyl groups is 7. The first-order valence-electron chi connectivity index (χ1n) is 22.1. The molecule has 0 aliphatic carbocycles. The number of carbonyl (C=O) groups excluding carboxylic acids is 1. The van der Waals surface area contributed by atoms with Crippen molar-refractivity contribution in [2.24, 2.45) is 0 Å². The molecule has 1 heterocycles. The number of hydrogen-bond donors (Lipinski definition) is 8. The van der Waals surface area contributed by atoms with Crippen LogP contribution in [0.4, 0.5) is 0 Å². The SMILES string of the molecule is CCCCCCCCCCCCC/C=C\CCCCCCCCC(O)C(=O)NC(COC1OC(CO)C(O)C(O)C1O)C(O)C(O)CCCCCCCC. The third kappa shape index (κ3) is 23.8. The highest BCUT2D eigenvalue weighted by Gasteiger charge is 2.44. The minimum absolute atomic E-state index is 0.254. The monoisotopic (exact) mass is 774 g/mol. The summed E-state index contributed by atoms with van der Waals surface area (Å²) in [6.07, 6.45) is 23.1. The standard InChI is InChI=1S/C43H83NO10/c1-3-5-7-9-11-12-13-14-15-16-17-18-19-20-21-22-23-24-25-27-29-31-36(47)42(52)44-34(38(48)35(46)30-28-26-10-8-6-4-2)33-53-43-41(51)40(50)39(49)37(32-45)54-43/h19-20,34-41,43,45-51H,3-18,21-33H2,1-2H3,(H,44,52)/b20-19-. The Labute approximate surface area is 328 Å². The highest BCUT2D eigenvalue weighted by Crippen LogP contribution is 2.23. The quantitative estimate of drug-likeness (QED) is 0.0258. The van der Waals surface area contributed by atoms with Crippen molar-refractivity contribution in [1.29, 1.82) is 0 Å². The molecule has 0 bridgehead atoms. The predicted octanol–water partition coefficient (Wildman–Crippen LogP) is 6.50.